The molecule has 0 saturated carbocycles. The highest BCUT2D eigenvalue weighted by Crippen LogP contribution is 2.36. The van der Waals surface area contributed by atoms with E-state index in [2.05, 4.69) is 26.8 Å². The molecule has 0 spiro atoms. The van der Waals surface area contributed by atoms with E-state index in [1.54, 1.807) is 0 Å². The first-order valence-corrected chi connectivity index (χ1v) is 8.10. The summed E-state index contributed by atoms with van der Waals surface area (Å²) in [4.78, 5) is 12.0. The van der Waals surface area contributed by atoms with Crippen molar-refractivity contribution < 1.29 is 19.4 Å². The van der Waals surface area contributed by atoms with Crippen molar-refractivity contribution in [1.82, 2.24) is 0 Å². The highest BCUT2D eigenvalue weighted by Gasteiger charge is 2.25. The predicted octanol–water partition coefficient (Wildman–Crippen LogP) is 4.53. The van der Waals surface area contributed by atoms with Crippen LogP contribution in [0.5, 0.6) is 5.75 Å². The van der Waals surface area contributed by atoms with Crippen LogP contribution in [0.1, 0.15) is 64.7 Å². The van der Waals surface area contributed by atoms with E-state index in [-0.39, 0.29) is 12.0 Å². The van der Waals surface area contributed by atoms with Gasteiger partial charge < -0.3 is 14.6 Å². The molecule has 1 aromatic rings. The zero-order chi connectivity index (χ0) is 17.8. The molecular weight excluding hydrogens is 292 g/mol. The maximum atomic E-state index is 12.0. The fraction of sp³-hybridized carbons (Fsp3) is 0.632. The lowest BCUT2D eigenvalue weighted by Crippen LogP contribution is -2.27. The molecule has 0 aliphatic carbocycles. The number of hydrogen-bond acceptors (Lipinski definition) is 4. The largest absolute Gasteiger partial charge is 0.514 e. The maximum Gasteiger partial charge on any atom is 0.514 e. The van der Waals surface area contributed by atoms with Gasteiger partial charge in [-0.25, -0.2) is 4.79 Å². The second-order valence-electron chi connectivity index (χ2n) is 7.93. The molecule has 0 bridgehead atoms. The summed E-state index contributed by atoms with van der Waals surface area (Å²) in [7, 11) is 0. The molecule has 4 heteroatoms. The normalized spacial score (nSPS) is 12.2. The van der Waals surface area contributed by atoms with Crippen molar-refractivity contribution in [3.05, 3.63) is 28.8 Å². The molecule has 0 unspecified atom stereocenters. The first-order chi connectivity index (χ1) is 10.4. The van der Waals surface area contributed by atoms with Crippen molar-refractivity contribution in [3.63, 3.8) is 0 Å². The van der Waals surface area contributed by atoms with Crippen LogP contribution in [0.2, 0.25) is 0 Å². The van der Waals surface area contributed by atoms with E-state index in [4.69, 9.17) is 14.6 Å². The van der Waals surface area contributed by atoms with Crippen LogP contribution in [0.3, 0.4) is 0 Å². The van der Waals surface area contributed by atoms with Crippen molar-refractivity contribution in [2.75, 3.05) is 6.61 Å². The van der Waals surface area contributed by atoms with Crippen molar-refractivity contribution >= 4 is 6.16 Å². The SMILES string of the molecule is Cc1cc(CCCO)cc(C(C)(C)C)c1OC(=O)OC(C)(C)C. The first kappa shape index (κ1) is 19.5. The fourth-order valence-corrected chi connectivity index (χ4v) is 2.32. The average Bonchev–Trinajstić information content (AvgIpc) is 2.35. The Morgan fingerprint density at radius 2 is 1.74 bits per heavy atom. The third kappa shape index (κ3) is 6.22. The van der Waals surface area contributed by atoms with Crippen molar-refractivity contribution in [3.8, 4) is 5.75 Å². The zero-order valence-corrected chi connectivity index (χ0v) is 15.4. The molecule has 130 valence electrons. The second kappa shape index (κ2) is 7.35. The molecule has 0 aromatic heterocycles. The number of aliphatic hydroxyl groups is 1. The van der Waals surface area contributed by atoms with E-state index in [9.17, 15) is 4.79 Å². The Kier molecular flexibility index (Phi) is 6.23. The van der Waals surface area contributed by atoms with Gasteiger partial charge in [-0.05, 0) is 57.1 Å². The summed E-state index contributed by atoms with van der Waals surface area (Å²) < 4.78 is 10.8. The summed E-state index contributed by atoms with van der Waals surface area (Å²) >= 11 is 0. The highest BCUT2D eigenvalue weighted by atomic mass is 16.7. The topological polar surface area (TPSA) is 55.8 Å². The molecule has 0 heterocycles. The average molecular weight is 322 g/mol. The molecule has 1 N–H and O–H groups in total. The Labute approximate surface area is 139 Å². The minimum Gasteiger partial charge on any atom is -0.428 e. The molecule has 0 aliphatic rings. The fourth-order valence-electron chi connectivity index (χ4n) is 2.32. The minimum absolute atomic E-state index is 0.167. The third-order valence-electron chi connectivity index (χ3n) is 3.34. The molecule has 0 aliphatic heterocycles. The van der Waals surface area contributed by atoms with Gasteiger partial charge in [-0.15, -0.1) is 0 Å². The summed E-state index contributed by atoms with van der Waals surface area (Å²) in [6.45, 7) is 13.8. The van der Waals surface area contributed by atoms with E-state index in [1.165, 1.54) is 0 Å². The van der Waals surface area contributed by atoms with Gasteiger partial charge in [-0.1, -0.05) is 32.9 Å². The molecule has 0 saturated heterocycles. The summed E-state index contributed by atoms with van der Waals surface area (Å²) in [6, 6.07) is 4.06. The minimum atomic E-state index is -0.686. The smallest absolute Gasteiger partial charge is 0.428 e. The predicted molar refractivity (Wildman–Crippen MR) is 92.1 cm³/mol. The first-order valence-electron chi connectivity index (χ1n) is 8.10. The van der Waals surface area contributed by atoms with Gasteiger partial charge in [-0.3, -0.25) is 0 Å². The van der Waals surface area contributed by atoms with Gasteiger partial charge in [0.1, 0.15) is 11.4 Å². The van der Waals surface area contributed by atoms with Crippen molar-refractivity contribution in [2.45, 2.75) is 72.3 Å². The van der Waals surface area contributed by atoms with E-state index in [0.717, 1.165) is 29.5 Å². The van der Waals surface area contributed by atoms with Gasteiger partial charge in [-0.2, -0.15) is 0 Å². The van der Waals surface area contributed by atoms with Crippen LogP contribution >= 0.6 is 0 Å². The number of aliphatic hydroxyl groups excluding tert-OH is 1. The van der Waals surface area contributed by atoms with Crippen LogP contribution in [-0.4, -0.2) is 23.5 Å². The van der Waals surface area contributed by atoms with Gasteiger partial charge in [0.15, 0.2) is 0 Å². The second-order valence-corrected chi connectivity index (χ2v) is 7.93. The molecule has 4 nitrogen and oxygen atoms in total. The number of aryl methyl sites for hydroxylation is 2. The van der Waals surface area contributed by atoms with Gasteiger partial charge in [0.2, 0.25) is 0 Å². The molecule has 23 heavy (non-hydrogen) atoms. The Morgan fingerprint density at radius 3 is 2.22 bits per heavy atom. The Hall–Kier alpha value is -1.55. The summed E-state index contributed by atoms with van der Waals surface area (Å²) in [5.41, 5.74) is 2.25. The molecular formula is C19H30O4. The van der Waals surface area contributed by atoms with Crippen LogP contribution < -0.4 is 4.74 Å². The van der Waals surface area contributed by atoms with Gasteiger partial charge in [0.25, 0.3) is 0 Å². The number of benzene rings is 1. The number of rotatable bonds is 4. The lowest BCUT2D eigenvalue weighted by atomic mass is 9.83. The number of carbonyl (C=O) groups excluding carboxylic acids is 1. The third-order valence-corrected chi connectivity index (χ3v) is 3.34. The molecule has 1 aromatic carbocycles. The zero-order valence-electron chi connectivity index (χ0n) is 15.4. The quantitative estimate of drug-likeness (QED) is 0.653. The van der Waals surface area contributed by atoms with Gasteiger partial charge >= 0.3 is 6.16 Å². The molecule has 0 amide bonds. The number of carbonyl (C=O) groups is 1. The van der Waals surface area contributed by atoms with E-state index < -0.39 is 11.8 Å². The van der Waals surface area contributed by atoms with Crippen molar-refractivity contribution in [2.24, 2.45) is 0 Å². The number of hydrogen-bond donors (Lipinski definition) is 1. The van der Waals surface area contributed by atoms with Crippen LogP contribution in [0, 0.1) is 6.92 Å². The molecule has 0 radical (unpaired) electrons. The van der Waals surface area contributed by atoms with Crippen molar-refractivity contribution in [1.29, 1.82) is 0 Å². The van der Waals surface area contributed by atoms with Crippen LogP contribution in [0.4, 0.5) is 4.79 Å². The standard InChI is InChI=1S/C19H30O4/c1-13-11-14(9-8-10-20)12-15(18(2,3)4)16(13)22-17(21)23-19(5,6)7/h11-12,20H,8-10H2,1-7H3. The summed E-state index contributed by atoms with van der Waals surface area (Å²) in [5, 5.41) is 9.02. The lowest BCUT2D eigenvalue weighted by Gasteiger charge is -2.26. The Balaban J connectivity index is 3.17. The Bertz CT molecular complexity index is 548. The van der Waals surface area contributed by atoms with Gasteiger partial charge in [0.05, 0.1) is 0 Å². The summed E-state index contributed by atoms with van der Waals surface area (Å²) in [5.74, 6) is 0.569. The molecule has 1 rings (SSSR count). The monoisotopic (exact) mass is 322 g/mol. The van der Waals surface area contributed by atoms with E-state index >= 15 is 0 Å². The van der Waals surface area contributed by atoms with Crippen LogP contribution in [0.15, 0.2) is 12.1 Å². The van der Waals surface area contributed by atoms with Crippen LogP contribution in [0.25, 0.3) is 0 Å². The van der Waals surface area contributed by atoms with Crippen LogP contribution in [-0.2, 0) is 16.6 Å². The highest BCUT2D eigenvalue weighted by molar-refractivity contribution is 5.66. The lowest BCUT2D eigenvalue weighted by molar-refractivity contribution is 0.0201. The molecule has 0 atom stereocenters. The Morgan fingerprint density at radius 1 is 1.13 bits per heavy atom. The summed E-state index contributed by atoms with van der Waals surface area (Å²) in [6.07, 6.45) is 0.830. The molecule has 0 fully saturated rings. The van der Waals surface area contributed by atoms with E-state index in [0.29, 0.717) is 5.75 Å². The van der Waals surface area contributed by atoms with Gasteiger partial charge in [0, 0.05) is 12.2 Å². The number of ether oxygens (including phenoxy) is 2. The van der Waals surface area contributed by atoms with E-state index in [1.807, 2.05) is 33.8 Å². The maximum absolute atomic E-state index is 12.0.